The largest absolute Gasteiger partial charge is 0.478 e. The van der Waals surface area contributed by atoms with Crippen LogP contribution in [0.1, 0.15) is 10.4 Å². The fourth-order valence-corrected chi connectivity index (χ4v) is 3.35. The van der Waals surface area contributed by atoms with E-state index in [-0.39, 0.29) is 0 Å². The third kappa shape index (κ3) is 4.74. The molecule has 5 heteroatoms. The smallest absolute Gasteiger partial charge is 0.328 e. The van der Waals surface area contributed by atoms with Gasteiger partial charge in [0.2, 0.25) is 0 Å². The third-order valence-electron chi connectivity index (χ3n) is 2.29. The number of hydrogen-bond acceptors (Lipinski definition) is 3. The van der Waals surface area contributed by atoms with E-state index in [9.17, 15) is 4.79 Å². The maximum atomic E-state index is 10.4. The molecule has 98 valence electrons. The van der Waals surface area contributed by atoms with Gasteiger partial charge in [0, 0.05) is 26.6 Å². The highest BCUT2D eigenvalue weighted by atomic mass is 35.5. The lowest BCUT2D eigenvalue weighted by molar-refractivity contribution is -0.131. The molecule has 2 nitrogen and oxygen atoms in total. The first kappa shape index (κ1) is 14.2. The molecular weight excluding hydrogens is 300 g/mol. The second-order valence-electron chi connectivity index (χ2n) is 3.76. The quantitative estimate of drug-likeness (QED) is 0.637. The number of aliphatic carboxylic acids is 1. The molecule has 19 heavy (non-hydrogen) atoms. The standard InChI is InChI=1S/C14H11ClO2S2/c15-11-2-4-12(5-3-11)19-9-13-7-10(8-18-13)1-6-14(16)17/h1-8H,9H2,(H,16,17). The molecule has 0 bridgehead atoms. The summed E-state index contributed by atoms with van der Waals surface area (Å²) in [6.45, 7) is 0. The Labute approximate surface area is 124 Å². The minimum absolute atomic E-state index is 0.738. The monoisotopic (exact) mass is 310 g/mol. The van der Waals surface area contributed by atoms with Gasteiger partial charge in [0.05, 0.1) is 0 Å². The lowest BCUT2D eigenvalue weighted by atomic mass is 10.3. The third-order valence-corrected chi connectivity index (χ3v) is 4.74. The first-order valence-corrected chi connectivity index (χ1v) is 7.74. The Hall–Kier alpha value is -1.23. The number of carboxylic acids is 1. The Morgan fingerprint density at radius 3 is 2.79 bits per heavy atom. The van der Waals surface area contributed by atoms with Crippen LogP contribution in [0, 0.1) is 0 Å². The molecular formula is C14H11ClO2S2. The molecule has 0 saturated carbocycles. The molecule has 0 radical (unpaired) electrons. The highest BCUT2D eigenvalue weighted by Crippen LogP contribution is 2.27. The van der Waals surface area contributed by atoms with Crippen LogP contribution in [0.4, 0.5) is 0 Å². The average Bonchev–Trinajstić information content (AvgIpc) is 2.84. The second kappa shape index (κ2) is 6.80. The van der Waals surface area contributed by atoms with Gasteiger partial charge in [-0.05, 0) is 47.4 Å². The number of carbonyl (C=O) groups is 1. The van der Waals surface area contributed by atoms with Crippen LogP contribution in [0.25, 0.3) is 6.08 Å². The molecule has 0 aliphatic rings. The molecule has 0 aliphatic heterocycles. The number of rotatable bonds is 5. The van der Waals surface area contributed by atoms with E-state index in [2.05, 4.69) is 0 Å². The number of halogens is 1. The molecule has 0 aliphatic carbocycles. The maximum absolute atomic E-state index is 10.4. The Morgan fingerprint density at radius 2 is 2.11 bits per heavy atom. The van der Waals surface area contributed by atoms with Crippen molar-refractivity contribution in [2.24, 2.45) is 0 Å². The summed E-state index contributed by atoms with van der Waals surface area (Å²) in [5, 5.41) is 11.3. The van der Waals surface area contributed by atoms with Crippen molar-refractivity contribution in [3.63, 3.8) is 0 Å². The van der Waals surface area contributed by atoms with Gasteiger partial charge in [-0.15, -0.1) is 23.1 Å². The van der Waals surface area contributed by atoms with E-state index in [4.69, 9.17) is 16.7 Å². The van der Waals surface area contributed by atoms with Crippen molar-refractivity contribution >= 4 is 46.7 Å². The molecule has 1 aromatic carbocycles. The number of thiophene rings is 1. The van der Waals surface area contributed by atoms with Crippen LogP contribution in [-0.4, -0.2) is 11.1 Å². The maximum Gasteiger partial charge on any atom is 0.328 e. The predicted molar refractivity (Wildman–Crippen MR) is 82.0 cm³/mol. The normalized spacial score (nSPS) is 11.0. The lowest BCUT2D eigenvalue weighted by Crippen LogP contribution is -1.84. The molecule has 0 spiro atoms. The molecule has 0 amide bonds. The van der Waals surface area contributed by atoms with Crippen LogP contribution in [-0.2, 0) is 10.5 Å². The topological polar surface area (TPSA) is 37.3 Å². The molecule has 2 rings (SSSR count). The van der Waals surface area contributed by atoms with Gasteiger partial charge in [-0.3, -0.25) is 0 Å². The zero-order chi connectivity index (χ0) is 13.7. The molecule has 1 heterocycles. The Kier molecular flexibility index (Phi) is 5.07. The van der Waals surface area contributed by atoms with Crippen LogP contribution >= 0.6 is 34.7 Å². The molecule has 1 aromatic heterocycles. The summed E-state index contributed by atoms with van der Waals surface area (Å²) < 4.78 is 0. The first-order valence-electron chi connectivity index (χ1n) is 5.50. The summed E-state index contributed by atoms with van der Waals surface area (Å²) >= 11 is 9.19. The molecule has 0 unspecified atom stereocenters. The number of hydrogen-bond donors (Lipinski definition) is 1. The highest BCUT2D eigenvalue weighted by Gasteiger charge is 2.00. The van der Waals surface area contributed by atoms with Gasteiger partial charge in [0.1, 0.15) is 0 Å². The summed E-state index contributed by atoms with van der Waals surface area (Å²) in [5.41, 5.74) is 0.930. The number of thioether (sulfide) groups is 1. The van der Waals surface area contributed by atoms with E-state index in [0.717, 1.165) is 22.4 Å². The molecule has 0 saturated heterocycles. The van der Waals surface area contributed by atoms with Gasteiger partial charge in [-0.2, -0.15) is 0 Å². The minimum Gasteiger partial charge on any atom is -0.478 e. The van der Waals surface area contributed by atoms with Crippen LogP contribution in [0.5, 0.6) is 0 Å². The molecule has 2 aromatic rings. The van der Waals surface area contributed by atoms with E-state index in [1.165, 1.54) is 9.77 Å². The van der Waals surface area contributed by atoms with Gasteiger partial charge in [-0.25, -0.2) is 4.79 Å². The summed E-state index contributed by atoms with van der Waals surface area (Å²) in [6, 6.07) is 9.74. The summed E-state index contributed by atoms with van der Waals surface area (Å²) in [5.74, 6) is -0.0592. The average molecular weight is 311 g/mol. The lowest BCUT2D eigenvalue weighted by Gasteiger charge is -1.99. The van der Waals surface area contributed by atoms with Gasteiger partial charge >= 0.3 is 5.97 Å². The van der Waals surface area contributed by atoms with E-state index in [0.29, 0.717) is 0 Å². The summed E-state index contributed by atoms with van der Waals surface area (Å²) in [4.78, 5) is 12.8. The van der Waals surface area contributed by atoms with E-state index >= 15 is 0 Å². The Morgan fingerprint density at radius 1 is 1.37 bits per heavy atom. The minimum atomic E-state index is -0.928. The van der Waals surface area contributed by atoms with Crippen molar-refractivity contribution in [1.29, 1.82) is 0 Å². The Balaban J connectivity index is 1.93. The zero-order valence-electron chi connectivity index (χ0n) is 9.88. The van der Waals surface area contributed by atoms with Gasteiger partial charge < -0.3 is 5.11 Å². The first-order chi connectivity index (χ1) is 9.13. The second-order valence-corrected chi connectivity index (χ2v) is 6.24. The van der Waals surface area contributed by atoms with Crippen LogP contribution in [0.15, 0.2) is 46.7 Å². The SMILES string of the molecule is O=C(O)C=Cc1csc(CSc2ccc(Cl)cc2)c1. The zero-order valence-corrected chi connectivity index (χ0v) is 12.3. The molecule has 0 atom stereocenters. The fourth-order valence-electron chi connectivity index (χ4n) is 1.41. The van der Waals surface area contributed by atoms with Crippen LogP contribution in [0.2, 0.25) is 5.02 Å². The van der Waals surface area contributed by atoms with E-state index < -0.39 is 5.97 Å². The van der Waals surface area contributed by atoms with Crippen molar-refractivity contribution in [1.82, 2.24) is 0 Å². The van der Waals surface area contributed by atoms with Crippen LogP contribution < -0.4 is 0 Å². The van der Waals surface area contributed by atoms with Crippen molar-refractivity contribution in [2.45, 2.75) is 10.6 Å². The van der Waals surface area contributed by atoms with Gasteiger partial charge in [-0.1, -0.05) is 11.6 Å². The van der Waals surface area contributed by atoms with Crippen molar-refractivity contribution in [3.05, 3.63) is 57.3 Å². The van der Waals surface area contributed by atoms with Crippen molar-refractivity contribution in [2.75, 3.05) is 0 Å². The van der Waals surface area contributed by atoms with Gasteiger partial charge in [0.15, 0.2) is 0 Å². The summed E-state index contributed by atoms with van der Waals surface area (Å²) in [7, 11) is 0. The fraction of sp³-hybridized carbons (Fsp3) is 0.0714. The summed E-state index contributed by atoms with van der Waals surface area (Å²) in [6.07, 6.45) is 2.76. The number of benzene rings is 1. The van der Waals surface area contributed by atoms with Crippen molar-refractivity contribution in [3.8, 4) is 0 Å². The molecule has 1 N–H and O–H groups in total. The van der Waals surface area contributed by atoms with Gasteiger partial charge in [0.25, 0.3) is 0 Å². The van der Waals surface area contributed by atoms with E-state index in [1.54, 1.807) is 29.2 Å². The van der Waals surface area contributed by atoms with Crippen LogP contribution in [0.3, 0.4) is 0 Å². The molecule has 0 fully saturated rings. The predicted octanol–water partition coefficient (Wildman–Crippen LogP) is 4.79. The van der Waals surface area contributed by atoms with E-state index in [1.807, 2.05) is 35.7 Å². The van der Waals surface area contributed by atoms with Crippen molar-refractivity contribution < 1.29 is 9.90 Å². The number of carboxylic acid groups (broad SMARTS) is 1. The highest BCUT2D eigenvalue weighted by molar-refractivity contribution is 7.98. The Bertz CT molecular complexity index is 588.